The van der Waals surface area contributed by atoms with Crippen LogP contribution in [0, 0.1) is 17.5 Å². The minimum Gasteiger partial charge on any atom is -0.472 e. The topological polar surface area (TPSA) is 25.2 Å². The average Bonchev–Trinajstić information content (AvgIpc) is 2.94. The van der Waals surface area contributed by atoms with Crippen molar-refractivity contribution in [1.82, 2.24) is 5.32 Å². The van der Waals surface area contributed by atoms with Crippen LogP contribution < -0.4 is 5.32 Å². The van der Waals surface area contributed by atoms with Crippen molar-refractivity contribution < 1.29 is 17.6 Å². The van der Waals surface area contributed by atoms with Crippen molar-refractivity contribution in [3.05, 3.63) is 59.3 Å². The van der Waals surface area contributed by atoms with E-state index in [4.69, 9.17) is 4.42 Å². The van der Waals surface area contributed by atoms with Gasteiger partial charge in [0, 0.05) is 11.6 Å². The highest BCUT2D eigenvalue weighted by molar-refractivity contribution is 5.25. The number of benzene rings is 1. The number of nitrogens with one attached hydrogen (secondary N) is 1. The van der Waals surface area contributed by atoms with Crippen molar-refractivity contribution in [2.45, 2.75) is 25.8 Å². The fraction of sp³-hybridized carbons (Fsp3) is 0.333. The lowest BCUT2D eigenvalue weighted by Crippen LogP contribution is -2.25. The van der Waals surface area contributed by atoms with Crippen LogP contribution in [-0.2, 0) is 6.42 Å². The second-order valence-electron chi connectivity index (χ2n) is 4.61. The Hall–Kier alpha value is -1.75. The molecule has 1 aromatic heterocycles. The molecular formula is C15H16F3NO. The summed E-state index contributed by atoms with van der Waals surface area (Å²) < 4.78 is 45.2. The normalized spacial score (nSPS) is 12.6. The number of hydrogen-bond donors (Lipinski definition) is 1. The molecule has 1 atom stereocenters. The molecule has 0 aliphatic rings. The lowest BCUT2D eigenvalue weighted by atomic mass is 9.99. The molecule has 0 aliphatic carbocycles. The van der Waals surface area contributed by atoms with Gasteiger partial charge in [-0.15, -0.1) is 0 Å². The van der Waals surface area contributed by atoms with E-state index in [0.29, 0.717) is 13.0 Å². The van der Waals surface area contributed by atoms with Crippen LogP contribution in [0.1, 0.15) is 30.5 Å². The van der Waals surface area contributed by atoms with Crippen LogP contribution in [0.5, 0.6) is 0 Å². The van der Waals surface area contributed by atoms with E-state index in [9.17, 15) is 13.2 Å². The van der Waals surface area contributed by atoms with E-state index in [-0.39, 0.29) is 5.56 Å². The Labute approximate surface area is 115 Å². The van der Waals surface area contributed by atoms with Crippen LogP contribution in [0.25, 0.3) is 0 Å². The van der Waals surface area contributed by atoms with Gasteiger partial charge in [0.1, 0.15) is 0 Å². The van der Waals surface area contributed by atoms with Crippen LogP contribution in [-0.4, -0.2) is 6.54 Å². The Morgan fingerprint density at radius 2 is 1.95 bits per heavy atom. The Morgan fingerprint density at radius 3 is 2.60 bits per heavy atom. The van der Waals surface area contributed by atoms with E-state index >= 15 is 0 Å². The number of halogens is 3. The molecule has 5 heteroatoms. The highest BCUT2D eigenvalue weighted by Gasteiger charge is 2.21. The predicted octanol–water partition coefficient (Wildman–Crippen LogP) is 3.98. The molecule has 0 saturated heterocycles. The van der Waals surface area contributed by atoms with Gasteiger partial charge in [0.25, 0.3) is 0 Å². The summed E-state index contributed by atoms with van der Waals surface area (Å²) in [5, 5.41) is 3.14. The number of hydrogen-bond acceptors (Lipinski definition) is 2. The first-order valence-corrected chi connectivity index (χ1v) is 6.51. The Bertz CT molecular complexity index is 554. The maximum atomic E-state index is 13.9. The first-order valence-electron chi connectivity index (χ1n) is 6.51. The molecule has 1 N–H and O–H groups in total. The predicted molar refractivity (Wildman–Crippen MR) is 69.8 cm³/mol. The maximum absolute atomic E-state index is 13.9. The molecule has 0 spiro atoms. The minimum atomic E-state index is -1.43. The average molecular weight is 283 g/mol. The standard InChI is InChI=1S/C15H16F3NO/c1-2-6-19-13(8-10-5-7-20-9-10)11-3-4-12(16)15(18)14(11)17/h3-5,7,9,13,19H,2,6,8H2,1H3. The Balaban J connectivity index is 2.28. The van der Waals surface area contributed by atoms with E-state index < -0.39 is 23.5 Å². The lowest BCUT2D eigenvalue weighted by Gasteiger charge is -2.19. The van der Waals surface area contributed by atoms with Gasteiger partial charge < -0.3 is 9.73 Å². The molecular weight excluding hydrogens is 267 g/mol. The van der Waals surface area contributed by atoms with E-state index in [1.165, 1.54) is 12.3 Å². The van der Waals surface area contributed by atoms with Gasteiger partial charge in [-0.3, -0.25) is 0 Å². The van der Waals surface area contributed by atoms with Crippen LogP contribution >= 0.6 is 0 Å². The summed E-state index contributed by atoms with van der Waals surface area (Å²) in [6, 6.07) is 3.56. The van der Waals surface area contributed by atoms with Gasteiger partial charge >= 0.3 is 0 Å². The molecule has 0 amide bonds. The molecule has 0 bridgehead atoms. The summed E-state index contributed by atoms with van der Waals surface area (Å²) in [4.78, 5) is 0. The third-order valence-electron chi connectivity index (χ3n) is 3.10. The van der Waals surface area contributed by atoms with Crippen LogP contribution in [0.15, 0.2) is 35.1 Å². The van der Waals surface area contributed by atoms with Gasteiger partial charge in [-0.1, -0.05) is 13.0 Å². The summed E-state index contributed by atoms with van der Waals surface area (Å²) in [6.07, 6.45) is 4.37. The van der Waals surface area contributed by atoms with Gasteiger partial charge in [0.05, 0.1) is 12.5 Å². The maximum Gasteiger partial charge on any atom is 0.194 e. The molecule has 20 heavy (non-hydrogen) atoms. The fourth-order valence-electron chi connectivity index (χ4n) is 2.07. The second kappa shape index (κ2) is 6.61. The zero-order chi connectivity index (χ0) is 14.5. The SMILES string of the molecule is CCCNC(Cc1ccoc1)c1ccc(F)c(F)c1F. The highest BCUT2D eigenvalue weighted by atomic mass is 19.2. The smallest absolute Gasteiger partial charge is 0.194 e. The number of rotatable bonds is 6. The van der Waals surface area contributed by atoms with Crippen molar-refractivity contribution >= 4 is 0 Å². The van der Waals surface area contributed by atoms with E-state index in [2.05, 4.69) is 5.32 Å². The van der Waals surface area contributed by atoms with Crippen LogP contribution in [0.2, 0.25) is 0 Å². The monoisotopic (exact) mass is 283 g/mol. The zero-order valence-electron chi connectivity index (χ0n) is 11.1. The summed E-state index contributed by atoms with van der Waals surface area (Å²) in [6.45, 7) is 2.63. The van der Waals surface area contributed by atoms with Crippen LogP contribution in [0.3, 0.4) is 0 Å². The summed E-state index contributed by atoms with van der Waals surface area (Å²) in [5.74, 6) is -3.75. The summed E-state index contributed by atoms with van der Waals surface area (Å²) >= 11 is 0. The molecule has 0 radical (unpaired) electrons. The molecule has 0 fully saturated rings. The van der Waals surface area contributed by atoms with Gasteiger partial charge in [-0.25, -0.2) is 13.2 Å². The summed E-state index contributed by atoms with van der Waals surface area (Å²) in [5.41, 5.74) is 0.987. The lowest BCUT2D eigenvalue weighted by molar-refractivity contribution is 0.422. The Kier molecular flexibility index (Phi) is 4.84. The van der Waals surface area contributed by atoms with Crippen molar-refractivity contribution in [1.29, 1.82) is 0 Å². The van der Waals surface area contributed by atoms with Crippen molar-refractivity contribution in [2.24, 2.45) is 0 Å². The molecule has 1 aromatic carbocycles. The zero-order valence-corrected chi connectivity index (χ0v) is 11.1. The molecule has 1 heterocycles. The van der Waals surface area contributed by atoms with Crippen molar-refractivity contribution in [3.8, 4) is 0 Å². The Morgan fingerprint density at radius 1 is 1.15 bits per heavy atom. The molecule has 2 nitrogen and oxygen atoms in total. The third-order valence-corrected chi connectivity index (χ3v) is 3.10. The quantitative estimate of drug-likeness (QED) is 0.811. The van der Waals surface area contributed by atoms with Crippen molar-refractivity contribution in [3.63, 3.8) is 0 Å². The van der Waals surface area contributed by atoms with E-state index in [1.807, 2.05) is 6.92 Å². The largest absolute Gasteiger partial charge is 0.472 e. The number of furan rings is 1. The van der Waals surface area contributed by atoms with Gasteiger partial charge in [-0.2, -0.15) is 0 Å². The highest BCUT2D eigenvalue weighted by Crippen LogP contribution is 2.24. The van der Waals surface area contributed by atoms with Gasteiger partial charge in [0.15, 0.2) is 17.5 Å². The van der Waals surface area contributed by atoms with E-state index in [0.717, 1.165) is 18.1 Å². The van der Waals surface area contributed by atoms with E-state index in [1.54, 1.807) is 12.3 Å². The summed E-state index contributed by atoms with van der Waals surface area (Å²) in [7, 11) is 0. The molecule has 0 aliphatic heterocycles. The first kappa shape index (κ1) is 14.7. The van der Waals surface area contributed by atoms with Crippen LogP contribution in [0.4, 0.5) is 13.2 Å². The minimum absolute atomic E-state index is 0.124. The molecule has 0 saturated carbocycles. The van der Waals surface area contributed by atoms with Crippen molar-refractivity contribution in [2.75, 3.05) is 6.54 Å². The second-order valence-corrected chi connectivity index (χ2v) is 4.61. The molecule has 2 aromatic rings. The molecule has 1 unspecified atom stereocenters. The van der Waals surface area contributed by atoms with Gasteiger partial charge in [0.2, 0.25) is 0 Å². The third kappa shape index (κ3) is 3.22. The molecule has 2 rings (SSSR count). The first-order chi connectivity index (χ1) is 9.63. The molecule has 108 valence electrons. The van der Waals surface area contributed by atoms with Gasteiger partial charge in [-0.05, 0) is 37.1 Å². The fourth-order valence-corrected chi connectivity index (χ4v) is 2.07.